The molecule has 0 spiro atoms. The largest absolute Gasteiger partial charge is 0.496 e. The number of Topliss-reactive ketones (excluding diaryl/α,β-unsaturated/α-hetero) is 1. The van der Waals surface area contributed by atoms with E-state index in [-0.39, 0.29) is 11.7 Å². The smallest absolute Gasteiger partial charge is 0.168 e. The van der Waals surface area contributed by atoms with Crippen LogP contribution in [0.5, 0.6) is 5.75 Å². The first-order chi connectivity index (χ1) is 10.1. The van der Waals surface area contributed by atoms with Gasteiger partial charge in [-0.15, -0.1) is 0 Å². The fourth-order valence-electron chi connectivity index (χ4n) is 2.96. The van der Waals surface area contributed by atoms with Crippen LogP contribution < -0.4 is 4.74 Å². The number of aromatic nitrogens is 1. The second-order valence-corrected chi connectivity index (χ2v) is 5.62. The zero-order chi connectivity index (χ0) is 15.4. The van der Waals surface area contributed by atoms with E-state index >= 15 is 0 Å². The van der Waals surface area contributed by atoms with E-state index in [1.807, 2.05) is 36.0 Å². The van der Waals surface area contributed by atoms with Gasteiger partial charge in [-0.3, -0.25) is 4.79 Å². The number of rotatable bonds is 7. The third kappa shape index (κ3) is 2.97. The molecule has 0 aliphatic heterocycles. The Morgan fingerprint density at radius 2 is 2.10 bits per heavy atom. The third-order valence-corrected chi connectivity index (χ3v) is 4.23. The number of carbonyl (C=O) groups is 1. The van der Waals surface area contributed by atoms with Gasteiger partial charge in [-0.2, -0.15) is 0 Å². The predicted molar refractivity (Wildman–Crippen MR) is 87.1 cm³/mol. The third-order valence-electron chi connectivity index (χ3n) is 4.23. The number of carbonyl (C=O) groups excluding carboxylic acids is 1. The predicted octanol–water partition coefficient (Wildman–Crippen LogP) is 4.59. The summed E-state index contributed by atoms with van der Waals surface area (Å²) in [6, 6.07) is 5.91. The van der Waals surface area contributed by atoms with E-state index in [0.29, 0.717) is 0 Å². The Morgan fingerprint density at radius 1 is 1.33 bits per heavy atom. The number of aryl methyl sites for hydroxylation is 1. The standard InChI is InChI=1S/C18H25NO2/c1-5-7-9-13(6-2)18(20)14-12-19(3)15-10-8-11-16(21-4)17(14)15/h8,10-13H,5-7,9H2,1-4H3. The Bertz CT molecular complexity index is 627. The van der Waals surface area contributed by atoms with Gasteiger partial charge in [0.05, 0.1) is 18.0 Å². The van der Waals surface area contributed by atoms with Crippen molar-refractivity contribution >= 4 is 16.7 Å². The summed E-state index contributed by atoms with van der Waals surface area (Å²) in [6.45, 7) is 4.26. The molecule has 0 aliphatic rings. The normalized spacial score (nSPS) is 12.6. The number of fused-ring (bicyclic) bond motifs is 1. The minimum Gasteiger partial charge on any atom is -0.496 e. The van der Waals surface area contributed by atoms with Crippen molar-refractivity contribution in [1.29, 1.82) is 0 Å². The molecule has 21 heavy (non-hydrogen) atoms. The number of unbranched alkanes of at least 4 members (excludes halogenated alkanes) is 1. The molecular formula is C18H25NO2. The summed E-state index contributed by atoms with van der Waals surface area (Å²) in [7, 11) is 3.63. The quantitative estimate of drug-likeness (QED) is 0.698. The Morgan fingerprint density at radius 3 is 2.71 bits per heavy atom. The highest BCUT2D eigenvalue weighted by Gasteiger charge is 2.23. The average molecular weight is 287 g/mol. The van der Waals surface area contributed by atoms with Crippen LogP contribution in [0.3, 0.4) is 0 Å². The van der Waals surface area contributed by atoms with E-state index in [0.717, 1.165) is 47.9 Å². The number of ether oxygens (including phenoxy) is 1. The summed E-state index contributed by atoms with van der Waals surface area (Å²) in [5.74, 6) is 1.14. The van der Waals surface area contributed by atoms with Gasteiger partial charge in [0.25, 0.3) is 0 Å². The fraction of sp³-hybridized carbons (Fsp3) is 0.500. The van der Waals surface area contributed by atoms with Gasteiger partial charge in [-0.05, 0) is 25.0 Å². The molecule has 3 nitrogen and oxygen atoms in total. The summed E-state index contributed by atoms with van der Waals surface area (Å²) in [6.07, 6.45) is 6.04. The summed E-state index contributed by atoms with van der Waals surface area (Å²) in [5.41, 5.74) is 1.84. The maximum absolute atomic E-state index is 12.9. The number of benzene rings is 1. The van der Waals surface area contributed by atoms with E-state index in [9.17, 15) is 4.79 Å². The van der Waals surface area contributed by atoms with Gasteiger partial charge >= 0.3 is 0 Å². The van der Waals surface area contributed by atoms with Crippen LogP contribution >= 0.6 is 0 Å². The molecule has 2 aromatic rings. The maximum atomic E-state index is 12.9. The first-order valence-electron chi connectivity index (χ1n) is 7.80. The molecular weight excluding hydrogens is 262 g/mol. The second kappa shape index (κ2) is 6.79. The summed E-state index contributed by atoms with van der Waals surface area (Å²) < 4.78 is 7.47. The van der Waals surface area contributed by atoms with Crippen molar-refractivity contribution in [3.8, 4) is 5.75 Å². The van der Waals surface area contributed by atoms with Crippen molar-refractivity contribution < 1.29 is 9.53 Å². The van der Waals surface area contributed by atoms with Crippen molar-refractivity contribution in [3.63, 3.8) is 0 Å². The molecule has 0 saturated carbocycles. The van der Waals surface area contributed by atoms with Crippen LogP contribution in [0, 0.1) is 5.92 Å². The molecule has 1 aromatic carbocycles. The molecule has 0 bridgehead atoms. The number of methoxy groups -OCH3 is 1. The minimum absolute atomic E-state index is 0.112. The van der Waals surface area contributed by atoms with Crippen LogP contribution in [0.15, 0.2) is 24.4 Å². The van der Waals surface area contributed by atoms with Crippen LogP contribution in [-0.4, -0.2) is 17.5 Å². The molecule has 1 atom stereocenters. The van der Waals surface area contributed by atoms with Crippen LogP contribution in [0.1, 0.15) is 49.9 Å². The van der Waals surface area contributed by atoms with Crippen LogP contribution in [0.4, 0.5) is 0 Å². The SMILES string of the molecule is CCCCC(CC)C(=O)c1cn(C)c2cccc(OC)c12. The minimum atomic E-state index is 0.112. The summed E-state index contributed by atoms with van der Waals surface area (Å²) >= 11 is 0. The van der Waals surface area contributed by atoms with Crippen molar-refractivity contribution in [1.82, 2.24) is 4.57 Å². The van der Waals surface area contributed by atoms with E-state index in [1.165, 1.54) is 0 Å². The summed E-state index contributed by atoms with van der Waals surface area (Å²) in [5, 5.41) is 0.947. The summed E-state index contributed by atoms with van der Waals surface area (Å²) in [4.78, 5) is 12.9. The monoisotopic (exact) mass is 287 g/mol. The lowest BCUT2D eigenvalue weighted by Gasteiger charge is -2.13. The van der Waals surface area contributed by atoms with Gasteiger partial charge in [-0.1, -0.05) is 32.8 Å². The van der Waals surface area contributed by atoms with Gasteiger partial charge in [0.15, 0.2) is 5.78 Å². The van der Waals surface area contributed by atoms with Gasteiger partial charge in [0, 0.05) is 24.7 Å². The fourth-order valence-corrected chi connectivity index (χ4v) is 2.96. The number of hydrogen-bond acceptors (Lipinski definition) is 2. The van der Waals surface area contributed by atoms with Crippen molar-refractivity contribution in [3.05, 3.63) is 30.0 Å². The molecule has 0 fully saturated rings. The second-order valence-electron chi connectivity index (χ2n) is 5.62. The van der Waals surface area contributed by atoms with Crippen LogP contribution in [0.25, 0.3) is 10.9 Å². The van der Waals surface area contributed by atoms with Gasteiger partial charge in [0.1, 0.15) is 5.75 Å². The van der Waals surface area contributed by atoms with Crippen molar-refractivity contribution in [2.24, 2.45) is 13.0 Å². The van der Waals surface area contributed by atoms with Gasteiger partial charge in [0.2, 0.25) is 0 Å². The molecule has 0 saturated heterocycles. The van der Waals surface area contributed by atoms with Crippen LogP contribution in [0.2, 0.25) is 0 Å². The Balaban J connectivity index is 2.48. The number of ketones is 1. The Hall–Kier alpha value is -1.77. The first-order valence-corrected chi connectivity index (χ1v) is 7.80. The van der Waals surface area contributed by atoms with E-state index in [1.54, 1.807) is 7.11 Å². The van der Waals surface area contributed by atoms with Gasteiger partial charge in [-0.25, -0.2) is 0 Å². The topological polar surface area (TPSA) is 31.2 Å². The highest BCUT2D eigenvalue weighted by Crippen LogP contribution is 2.32. The number of nitrogens with zero attached hydrogens (tertiary/aromatic N) is 1. The zero-order valence-electron chi connectivity index (χ0n) is 13.5. The Kier molecular flexibility index (Phi) is 5.05. The van der Waals surface area contributed by atoms with Crippen LogP contribution in [-0.2, 0) is 7.05 Å². The molecule has 1 aromatic heterocycles. The Labute approximate surface area is 126 Å². The zero-order valence-corrected chi connectivity index (χ0v) is 13.5. The average Bonchev–Trinajstić information content (AvgIpc) is 2.85. The molecule has 0 amide bonds. The highest BCUT2D eigenvalue weighted by atomic mass is 16.5. The molecule has 1 unspecified atom stereocenters. The molecule has 3 heteroatoms. The highest BCUT2D eigenvalue weighted by molar-refractivity contribution is 6.11. The lowest BCUT2D eigenvalue weighted by Crippen LogP contribution is -2.14. The molecule has 1 heterocycles. The molecule has 0 N–H and O–H groups in total. The number of hydrogen-bond donors (Lipinski definition) is 0. The van der Waals surface area contributed by atoms with E-state index in [4.69, 9.17) is 4.74 Å². The van der Waals surface area contributed by atoms with Crippen molar-refractivity contribution in [2.75, 3.05) is 7.11 Å². The van der Waals surface area contributed by atoms with Gasteiger partial charge < -0.3 is 9.30 Å². The van der Waals surface area contributed by atoms with E-state index < -0.39 is 0 Å². The lowest BCUT2D eigenvalue weighted by molar-refractivity contribution is 0.0909. The van der Waals surface area contributed by atoms with E-state index in [2.05, 4.69) is 13.8 Å². The lowest BCUT2D eigenvalue weighted by atomic mass is 9.90. The molecule has 0 aliphatic carbocycles. The molecule has 2 rings (SSSR count). The molecule has 0 radical (unpaired) electrons. The maximum Gasteiger partial charge on any atom is 0.168 e. The first kappa shape index (κ1) is 15.6. The van der Waals surface area contributed by atoms with Crippen molar-refractivity contribution in [2.45, 2.75) is 39.5 Å². The molecule has 114 valence electrons.